The van der Waals surface area contributed by atoms with Crippen LogP contribution in [0.15, 0.2) is 24.3 Å². The summed E-state index contributed by atoms with van der Waals surface area (Å²) in [6.07, 6.45) is 0.630. The van der Waals surface area contributed by atoms with E-state index >= 15 is 0 Å². The summed E-state index contributed by atoms with van der Waals surface area (Å²) < 4.78 is 28.9. The first-order valence-electron chi connectivity index (χ1n) is 8.02. The maximum atomic E-state index is 11.8. The molecular weight excluding hydrogens is 346 g/mol. The highest BCUT2D eigenvalue weighted by atomic mass is 32.2. The maximum absolute atomic E-state index is 11.8. The smallest absolute Gasteiger partial charge is 0.173 e. The molecule has 1 heterocycles. The fourth-order valence-electron chi connectivity index (χ4n) is 2.71. The zero-order valence-electron chi connectivity index (χ0n) is 14.4. The maximum Gasteiger partial charge on any atom is 0.173 e. The number of thiocarbonyl (C=S) groups is 1. The van der Waals surface area contributed by atoms with Crippen molar-refractivity contribution in [1.82, 2.24) is 4.90 Å². The molecule has 0 saturated carbocycles. The predicted molar refractivity (Wildman–Crippen MR) is 101 cm³/mol. The average molecular weight is 373 g/mol. The number of rotatable bonds is 6. The van der Waals surface area contributed by atoms with Crippen molar-refractivity contribution >= 4 is 32.9 Å². The van der Waals surface area contributed by atoms with Gasteiger partial charge in [-0.15, -0.1) is 0 Å². The molecule has 8 heteroatoms. The molecule has 1 aromatic carbocycles. The Morgan fingerprint density at radius 3 is 2.79 bits per heavy atom. The summed E-state index contributed by atoms with van der Waals surface area (Å²) in [5.41, 5.74) is 0.836. The van der Waals surface area contributed by atoms with Crippen LogP contribution < -0.4 is 15.0 Å². The Morgan fingerprint density at radius 2 is 2.21 bits per heavy atom. The Labute approximate surface area is 149 Å². The summed E-state index contributed by atoms with van der Waals surface area (Å²) in [5.74, 6) is 1.16. The topological polar surface area (TPSA) is 63.1 Å². The molecule has 1 aliphatic rings. The number of hydrogen-bond acceptors (Lipinski definition) is 4. The second-order valence-corrected chi connectivity index (χ2v) is 8.98. The number of benzene rings is 1. The molecule has 0 amide bonds. The molecule has 24 heavy (non-hydrogen) atoms. The third-order valence-corrected chi connectivity index (χ3v) is 6.17. The Hall–Kier alpha value is -1.38. The summed E-state index contributed by atoms with van der Waals surface area (Å²) in [5, 5.41) is 3.78. The Bertz CT molecular complexity index is 677. The number of methoxy groups -OCH3 is 1. The number of nitrogens with zero attached hydrogens (tertiary/aromatic N) is 1. The lowest BCUT2D eigenvalue weighted by Crippen LogP contribution is -3.06. The highest BCUT2D eigenvalue weighted by Crippen LogP contribution is 2.21. The van der Waals surface area contributed by atoms with Crippen LogP contribution in [0.25, 0.3) is 0 Å². The lowest BCUT2D eigenvalue weighted by Gasteiger charge is -2.31. The van der Waals surface area contributed by atoms with E-state index in [1.54, 1.807) is 7.11 Å². The number of sulfone groups is 1. The number of likely N-dealkylation sites (N-methyl/N-ethyl adjacent to an activating group) is 1. The largest absolute Gasteiger partial charge is 0.497 e. The molecule has 0 aliphatic carbocycles. The first-order chi connectivity index (χ1) is 11.3. The summed E-state index contributed by atoms with van der Waals surface area (Å²) in [6, 6.07) is 7.48. The van der Waals surface area contributed by atoms with Crippen molar-refractivity contribution in [1.29, 1.82) is 0 Å². The van der Waals surface area contributed by atoms with Crippen molar-refractivity contribution in [3.05, 3.63) is 24.3 Å². The van der Waals surface area contributed by atoms with E-state index in [2.05, 4.69) is 19.4 Å². The van der Waals surface area contributed by atoms with Crippen LogP contribution in [0.1, 0.15) is 6.42 Å². The molecule has 0 bridgehead atoms. The zero-order chi connectivity index (χ0) is 17.7. The van der Waals surface area contributed by atoms with Crippen molar-refractivity contribution in [3.8, 4) is 5.75 Å². The zero-order valence-corrected chi connectivity index (χ0v) is 16.0. The molecule has 2 N–H and O–H groups in total. The molecule has 1 aromatic rings. The first kappa shape index (κ1) is 19.0. The first-order valence-corrected chi connectivity index (χ1v) is 10.2. The molecule has 0 radical (unpaired) electrons. The second kappa shape index (κ2) is 8.13. The van der Waals surface area contributed by atoms with Crippen LogP contribution in [-0.2, 0) is 9.84 Å². The van der Waals surface area contributed by atoms with E-state index in [1.807, 2.05) is 29.2 Å². The number of anilines is 1. The third-order valence-electron chi connectivity index (χ3n) is 4.08. The average Bonchev–Trinajstić information content (AvgIpc) is 2.87. The van der Waals surface area contributed by atoms with Gasteiger partial charge >= 0.3 is 0 Å². The van der Waals surface area contributed by atoms with E-state index in [1.165, 1.54) is 4.90 Å². The molecular formula is C16H26N3O3S2+. The van der Waals surface area contributed by atoms with Gasteiger partial charge in [0.15, 0.2) is 14.9 Å². The number of quaternary nitrogens is 1. The van der Waals surface area contributed by atoms with Crippen LogP contribution in [0, 0.1) is 0 Å². The van der Waals surface area contributed by atoms with Crippen molar-refractivity contribution in [3.63, 3.8) is 0 Å². The van der Waals surface area contributed by atoms with E-state index in [0.29, 0.717) is 11.5 Å². The molecule has 1 fully saturated rings. The van der Waals surface area contributed by atoms with Gasteiger partial charge in [-0.3, -0.25) is 0 Å². The molecule has 6 nitrogen and oxygen atoms in total. The standard InChI is InChI=1S/C16H25N3O3S2/c1-18(2)8-9-19(14-7-10-24(20,21)12-14)16(23)17-13-5-4-6-15(11-13)22-3/h4-6,11,14H,7-10,12H2,1-3H3,(H,17,23)/p+1/t14-/m0/s1. The molecule has 1 saturated heterocycles. The molecule has 0 spiro atoms. The molecule has 1 aliphatic heterocycles. The lowest BCUT2D eigenvalue weighted by atomic mass is 10.2. The van der Waals surface area contributed by atoms with Gasteiger partial charge in [0.05, 0.1) is 45.8 Å². The van der Waals surface area contributed by atoms with Gasteiger partial charge in [-0.1, -0.05) is 6.07 Å². The van der Waals surface area contributed by atoms with Crippen molar-refractivity contribution in [2.24, 2.45) is 0 Å². The van der Waals surface area contributed by atoms with Crippen LogP contribution in [0.3, 0.4) is 0 Å². The predicted octanol–water partition coefficient (Wildman–Crippen LogP) is 0.0256. The minimum Gasteiger partial charge on any atom is -0.497 e. The van der Waals surface area contributed by atoms with Crippen LogP contribution in [0.2, 0.25) is 0 Å². The normalized spacial score (nSPS) is 19.2. The third kappa shape index (κ3) is 5.32. The summed E-state index contributed by atoms with van der Waals surface area (Å²) in [7, 11) is 2.81. The Kier molecular flexibility index (Phi) is 6.42. The minimum absolute atomic E-state index is 0.0556. The Morgan fingerprint density at radius 1 is 1.46 bits per heavy atom. The van der Waals surface area contributed by atoms with Gasteiger partial charge in [-0.05, 0) is 30.8 Å². The van der Waals surface area contributed by atoms with Gasteiger partial charge in [-0.25, -0.2) is 8.42 Å². The van der Waals surface area contributed by atoms with Crippen molar-refractivity contribution < 1.29 is 18.1 Å². The number of ether oxygens (including phenoxy) is 1. The van der Waals surface area contributed by atoms with Crippen LogP contribution in [0.5, 0.6) is 5.75 Å². The quantitative estimate of drug-likeness (QED) is 0.687. The fourth-order valence-corrected chi connectivity index (χ4v) is 4.80. The van der Waals surface area contributed by atoms with Gasteiger partial charge in [0.1, 0.15) is 5.75 Å². The highest BCUT2D eigenvalue weighted by molar-refractivity contribution is 7.91. The van der Waals surface area contributed by atoms with Crippen LogP contribution in [0.4, 0.5) is 5.69 Å². The number of hydrogen-bond donors (Lipinski definition) is 2. The molecule has 0 aromatic heterocycles. The lowest BCUT2D eigenvalue weighted by molar-refractivity contribution is -0.857. The van der Waals surface area contributed by atoms with Gasteiger partial charge < -0.3 is 19.9 Å². The van der Waals surface area contributed by atoms with E-state index in [0.717, 1.165) is 24.5 Å². The minimum atomic E-state index is -2.95. The van der Waals surface area contributed by atoms with Gasteiger partial charge in [-0.2, -0.15) is 0 Å². The fraction of sp³-hybridized carbons (Fsp3) is 0.562. The summed E-state index contributed by atoms with van der Waals surface area (Å²) in [6.45, 7) is 1.61. The molecule has 0 unspecified atom stereocenters. The monoisotopic (exact) mass is 372 g/mol. The van der Waals surface area contributed by atoms with E-state index in [-0.39, 0.29) is 17.5 Å². The summed E-state index contributed by atoms with van der Waals surface area (Å²) in [4.78, 5) is 3.32. The SMILES string of the molecule is COc1cccc(NC(=S)N(CC[NH+](C)C)[C@H]2CCS(=O)(=O)C2)c1. The van der Waals surface area contributed by atoms with Crippen molar-refractivity contribution in [2.75, 3.05) is 51.1 Å². The summed E-state index contributed by atoms with van der Waals surface area (Å²) >= 11 is 5.57. The highest BCUT2D eigenvalue weighted by Gasteiger charge is 2.33. The molecule has 2 rings (SSSR count). The molecule has 1 atom stereocenters. The number of nitrogens with one attached hydrogen (secondary N) is 2. The second-order valence-electron chi connectivity index (χ2n) is 6.37. The van der Waals surface area contributed by atoms with E-state index in [9.17, 15) is 8.42 Å². The van der Waals surface area contributed by atoms with Gasteiger partial charge in [0.25, 0.3) is 0 Å². The van der Waals surface area contributed by atoms with Crippen molar-refractivity contribution in [2.45, 2.75) is 12.5 Å². The Balaban J connectivity index is 2.11. The molecule has 134 valence electrons. The van der Waals surface area contributed by atoms with Gasteiger partial charge in [0, 0.05) is 17.8 Å². The van der Waals surface area contributed by atoms with E-state index in [4.69, 9.17) is 17.0 Å². The van der Waals surface area contributed by atoms with Crippen LogP contribution in [-0.4, -0.2) is 70.3 Å². The van der Waals surface area contributed by atoms with Gasteiger partial charge in [0.2, 0.25) is 0 Å². The van der Waals surface area contributed by atoms with E-state index < -0.39 is 9.84 Å². The van der Waals surface area contributed by atoms with Crippen LogP contribution >= 0.6 is 12.2 Å².